The minimum Gasteiger partial charge on any atom is -0.298 e. The van der Waals surface area contributed by atoms with Gasteiger partial charge in [0.05, 0.1) is 5.52 Å². The largest absolute Gasteiger partial charge is 0.328 e. The molecule has 3 amide bonds. The highest BCUT2D eigenvalue weighted by atomic mass is 16.2. The summed E-state index contributed by atoms with van der Waals surface area (Å²) in [7, 11) is 0. The number of hydrogen-bond donors (Lipinski definition) is 1. The lowest BCUT2D eigenvalue weighted by atomic mass is 10.1. The van der Waals surface area contributed by atoms with Gasteiger partial charge in [0.2, 0.25) is 5.91 Å². The Morgan fingerprint density at radius 1 is 1.25 bits per heavy atom. The number of anilines is 1. The highest BCUT2D eigenvalue weighted by Crippen LogP contribution is 2.23. The maximum Gasteiger partial charge on any atom is 0.328 e. The SMILES string of the molecule is O=Cc1cnc2ccc(N3CCC(=O)NC3=O)cc2c1. The summed E-state index contributed by atoms with van der Waals surface area (Å²) in [6.07, 6.45) is 2.50. The van der Waals surface area contributed by atoms with E-state index in [2.05, 4.69) is 10.3 Å². The lowest BCUT2D eigenvalue weighted by Crippen LogP contribution is -2.49. The number of benzene rings is 1. The van der Waals surface area contributed by atoms with Gasteiger partial charge in [-0.3, -0.25) is 24.8 Å². The van der Waals surface area contributed by atoms with E-state index in [-0.39, 0.29) is 12.3 Å². The number of carbonyl (C=O) groups is 3. The van der Waals surface area contributed by atoms with Gasteiger partial charge in [-0.05, 0) is 24.3 Å². The first-order valence-electron chi connectivity index (χ1n) is 6.14. The van der Waals surface area contributed by atoms with Crippen molar-refractivity contribution in [2.24, 2.45) is 0 Å². The van der Waals surface area contributed by atoms with Gasteiger partial charge in [0.25, 0.3) is 0 Å². The predicted octanol–water partition coefficient (Wildman–Crippen LogP) is 1.49. The molecule has 0 radical (unpaired) electrons. The Bertz CT molecular complexity index is 727. The molecule has 0 unspecified atom stereocenters. The fraction of sp³-hybridized carbons (Fsp3) is 0.143. The van der Waals surface area contributed by atoms with E-state index in [1.165, 1.54) is 11.1 Å². The van der Waals surface area contributed by atoms with Crippen LogP contribution >= 0.6 is 0 Å². The fourth-order valence-corrected chi connectivity index (χ4v) is 2.18. The molecule has 1 saturated heterocycles. The highest BCUT2D eigenvalue weighted by molar-refractivity contribution is 6.06. The van der Waals surface area contributed by atoms with Gasteiger partial charge in [-0.15, -0.1) is 0 Å². The lowest BCUT2D eigenvalue weighted by molar-refractivity contribution is -0.120. The van der Waals surface area contributed by atoms with Crippen LogP contribution in [0.2, 0.25) is 0 Å². The maximum absolute atomic E-state index is 11.8. The Kier molecular flexibility index (Phi) is 2.90. The summed E-state index contributed by atoms with van der Waals surface area (Å²) in [6.45, 7) is 0.344. The maximum atomic E-state index is 11.8. The summed E-state index contributed by atoms with van der Waals surface area (Å²) >= 11 is 0. The van der Waals surface area contributed by atoms with Crippen LogP contribution in [0.4, 0.5) is 10.5 Å². The van der Waals surface area contributed by atoms with Gasteiger partial charge in [0.1, 0.15) is 0 Å². The van der Waals surface area contributed by atoms with E-state index in [0.29, 0.717) is 17.8 Å². The Labute approximate surface area is 114 Å². The van der Waals surface area contributed by atoms with E-state index in [0.717, 1.165) is 17.2 Å². The van der Waals surface area contributed by atoms with Crippen molar-refractivity contribution in [3.05, 3.63) is 36.0 Å². The van der Waals surface area contributed by atoms with Crippen LogP contribution in [0, 0.1) is 0 Å². The number of aldehydes is 1. The van der Waals surface area contributed by atoms with E-state index >= 15 is 0 Å². The summed E-state index contributed by atoms with van der Waals surface area (Å²) in [6, 6.07) is 6.62. The summed E-state index contributed by atoms with van der Waals surface area (Å²) < 4.78 is 0. The number of carbonyl (C=O) groups excluding carboxylic acids is 3. The topological polar surface area (TPSA) is 79.4 Å². The molecule has 1 N–H and O–H groups in total. The molecular formula is C14H11N3O3. The van der Waals surface area contributed by atoms with Gasteiger partial charge in [-0.1, -0.05) is 0 Å². The molecule has 1 aliphatic heterocycles. The van der Waals surface area contributed by atoms with E-state index < -0.39 is 6.03 Å². The van der Waals surface area contributed by atoms with Crippen molar-refractivity contribution in [1.82, 2.24) is 10.3 Å². The van der Waals surface area contributed by atoms with Crippen LogP contribution in [0.15, 0.2) is 30.5 Å². The second-order valence-electron chi connectivity index (χ2n) is 4.52. The van der Waals surface area contributed by atoms with Crippen molar-refractivity contribution in [1.29, 1.82) is 0 Å². The number of rotatable bonds is 2. The number of hydrogen-bond acceptors (Lipinski definition) is 4. The molecule has 100 valence electrons. The number of amides is 3. The smallest absolute Gasteiger partial charge is 0.298 e. The first kappa shape index (κ1) is 12.3. The van der Waals surface area contributed by atoms with Crippen molar-refractivity contribution in [3.8, 4) is 0 Å². The molecule has 1 aliphatic rings. The van der Waals surface area contributed by atoms with Crippen molar-refractivity contribution in [2.75, 3.05) is 11.4 Å². The zero-order chi connectivity index (χ0) is 14.1. The second-order valence-corrected chi connectivity index (χ2v) is 4.52. The predicted molar refractivity (Wildman–Crippen MR) is 72.6 cm³/mol. The molecule has 0 spiro atoms. The van der Waals surface area contributed by atoms with Crippen LogP contribution in [0.1, 0.15) is 16.8 Å². The number of pyridine rings is 1. The van der Waals surface area contributed by atoms with Gasteiger partial charge in [0, 0.05) is 35.8 Å². The van der Waals surface area contributed by atoms with E-state index in [9.17, 15) is 14.4 Å². The minimum atomic E-state index is -0.430. The summed E-state index contributed by atoms with van der Waals surface area (Å²) in [5.74, 6) is -0.267. The fourth-order valence-electron chi connectivity index (χ4n) is 2.18. The second kappa shape index (κ2) is 4.73. The number of imide groups is 1. The third kappa shape index (κ3) is 2.11. The van der Waals surface area contributed by atoms with Crippen LogP contribution < -0.4 is 10.2 Å². The number of fused-ring (bicyclic) bond motifs is 1. The zero-order valence-electron chi connectivity index (χ0n) is 10.5. The van der Waals surface area contributed by atoms with Crippen molar-refractivity contribution >= 4 is 34.8 Å². The third-order valence-corrected chi connectivity index (χ3v) is 3.19. The molecule has 0 saturated carbocycles. The van der Waals surface area contributed by atoms with Crippen LogP contribution in [0.25, 0.3) is 10.9 Å². The monoisotopic (exact) mass is 269 g/mol. The molecule has 0 aliphatic carbocycles. The normalized spacial score (nSPS) is 15.3. The molecule has 6 heteroatoms. The summed E-state index contributed by atoms with van der Waals surface area (Å²) in [5, 5.41) is 3.05. The minimum absolute atomic E-state index is 0.267. The van der Waals surface area contributed by atoms with Gasteiger partial charge in [0.15, 0.2) is 6.29 Å². The Morgan fingerprint density at radius 2 is 2.10 bits per heavy atom. The summed E-state index contributed by atoms with van der Waals surface area (Å²) in [5.41, 5.74) is 1.90. The number of urea groups is 1. The molecule has 2 aromatic rings. The molecule has 1 aromatic heterocycles. The molecule has 0 atom stereocenters. The molecular weight excluding hydrogens is 258 g/mol. The first-order chi connectivity index (χ1) is 9.67. The van der Waals surface area contributed by atoms with Crippen molar-refractivity contribution < 1.29 is 14.4 Å². The summed E-state index contributed by atoms with van der Waals surface area (Å²) in [4.78, 5) is 39.4. The van der Waals surface area contributed by atoms with E-state index in [1.54, 1.807) is 24.3 Å². The number of nitrogens with one attached hydrogen (secondary N) is 1. The van der Waals surface area contributed by atoms with Crippen molar-refractivity contribution in [2.45, 2.75) is 6.42 Å². The molecule has 6 nitrogen and oxygen atoms in total. The van der Waals surface area contributed by atoms with Crippen LogP contribution in [0.3, 0.4) is 0 Å². The molecule has 0 bridgehead atoms. The highest BCUT2D eigenvalue weighted by Gasteiger charge is 2.24. The van der Waals surface area contributed by atoms with Gasteiger partial charge >= 0.3 is 6.03 Å². The average molecular weight is 269 g/mol. The van der Waals surface area contributed by atoms with Gasteiger partial charge in [-0.2, -0.15) is 0 Å². The molecule has 2 heterocycles. The van der Waals surface area contributed by atoms with Crippen molar-refractivity contribution in [3.63, 3.8) is 0 Å². The Morgan fingerprint density at radius 3 is 2.85 bits per heavy atom. The quantitative estimate of drug-likeness (QED) is 0.838. The van der Waals surface area contributed by atoms with Crippen LogP contribution in [0.5, 0.6) is 0 Å². The molecule has 3 rings (SSSR count). The zero-order valence-corrected chi connectivity index (χ0v) is 10.5. The number of nitrogens with zero attached hydrogens (tertiary/aromatic N) is 2. The Hall–Kier alpha value is -2.76. The van der Waals surface area contributed by atoms with Gasteiger partial charge in [-0.25, -0.2) is 4.79 Å². The first-order valence-corrected chi connectivity index (χ1v) is 6.14. The molecule has 1 aromatic carbocycles. The van der Waals surface area contributed by atoms with Crippen LogP contribution in [-0.4, -0.2) is 29.8 Å². The third-order valence-electron chi connectivity index (χ3n) is 3.19. The number of aromatic nitrogens is 1. The average Bonchev–Trinajstić information content (AvgIpc) is 2.46. The van der Waals surface area contributed by atoms with Gasteiger partial charge < -0.3 is 0 Å². The van der Waals surface area contributed by atoms with E-state index in [4.69, 9.17) is 0 Å². The molecule has 1 fully saturated rings. The standard InChI is InChI=1S/C14H11N3O3/c18-8-9-5-10-6-11(1-2-12(10)15-7-9)17-4-3-13(19)16-14(17)20/h1-2,5-8H,3-4H2,(H,16,19,20). The Balaban J connectivity index is 2.01. The lowest BCUT2D eigenvalue weighted by Gasteiger charge is -2.26. The molecule has 20 heavy (non-hydrogen) atoms. The van der Waals surface area contributed by atoms with E-state index in [1.807, 2.05) is 0 Å². The van der Waals surface area contributed by atoms with Crippen LogP contribution in [-0.2, 0) is 4.79 Å².